The van der Waals surface area contributed by atoms with Gasteiger partial charge in [0.1, 0.15) is 0 Å². The van der Waals surface area contributed by atoms with Gasteiger partial charge in [-0.15, -0.1) is 0 Å². The van der Waals surface area contributed by atoms with Gasteiger partial charge < -0.3 is 9.47 Å². The van der Waals surface area contributed by atoms with E-state index in [-0.39, 0.29) is 12.0 Å². The molecule has 2 heterocycles. The fraction of sp³-hybridized carbons (Fsp3) is 0.300. The molecule has 0 spiro atoms. The second-order valence-corrected chi connectivity index (χ2v) is 4.45. The monoisotopic (exact) mass is 269 g/mol. The normalized spacial score (nSPS) is 17.3. The topological polar surface area (TPSA) is 82.4 Å². The third kappa shape index (κ3) is 2.71. The molecular weight excluding hydrogens is 258 g/mol. The van der Waals surface area contributed by atoms with E-state index < -0.39 is 5.91 Å². The van der Waals surface area contributed by atoms with Crippen molar-refractivity contribution < 1.29 is 19.1 Å². The highest BCUT2D eigenvalue weighted by Crippen LogP contribution is 2.26. The van der Waals surface area contributed by atoms with E-state index in [1.807, 2.05) is 0 Å². The molecule has 1 saturated heterocycles. The van der Waals surface area contributed by atoms with Crippen molar-refractivity contribution in [2.75, 3.05) is 13.9 Å². The number of thioether (sulfide) groups is 1. The summed E-state index contributed by atoms with van der Waals surface area (Å²) in [5, 5.41) is 5.94. The molecule has 0 aliphatic carbocycles. The predicted molar refractivity (Wildman–Crippen MR) is 64.8 cm³/mol. The van der Waals surface area contributed by atoms with Gasteiger partial charge in [0.05, 0.1) is 10.6 Å². The summed E-state index contributed by atoms with van der Waals surface area (Å²) in [6.45, 7) is 0.114. The number of ether oxygens (including phenoxy) is 2. The van der Waals surface area contributed by atoms with Crippen LogP contribution in [-0.4, -0.2) is 34.8 Å². The Bertz CT molecular complexity index is 523. The summed E-state index contributed by atoms with van der Waals surface area (Å²) < 4.78 is 11.6. The molecule has 18 heavy (non-hydrogen) atoms. The Morgan fingerprint density at radius 1 is 1.56 bits per heavy atom. The average molecular weight is 269 g/mol. The van der Waals surface area contributed by atoms with Crippen molar-refractivity contribution in [3.8, 4) is 5.88 Å². The number of imide groups is 1. The summed E-state index contributed by atoms with van der Waals surface area (Å²) in [5.74, 6) is 0.105. The summed E-state index contributed by atoms with van der Waals surface area (Å²) in [5.41, 5.74) is 0.538. The summed E-state index contributed by atoms with van der Waals surface area (Å²) in [4.78, 5) is 22.7. The van der Waals surface area contributed by atoms with Gasteiger partial charge in [0, 0.05) is 20.2 Å². The number of methoxy groups -OCH3 is 1. The van der Waals surface area contributed by atoms with Crippen LogP contribution in [0.2, 0.25) is 0 Å². The van der Waals surface area contributed by atoms with E-state index in [0.29, 0.717) is 16.5 Å². The number of nitrogens with zero attached hydrogens (tertiary/aromatic N) is 2. The maximum absolute atomic E-state index is 11.3. The highest BCUT2D eigenvalue weighted by Gasteiger charge is 2.25. The first-order valence-corrected chi connectivity index (χ1v) is 5.82. The molecule has 96 valence electrons. The molecular formula is C10H11N3O4S. The van der Waals surface area contributed by atoms with Crippen molar-refractivity contribution in [3.63, 3.8) is 0 Å². The Morgan fingerprint density at radius 2 is 2.33 bits per heavy atom. The first-order chi connectivity index (χ1) is 8.60. The fourth-order valence-electron chi connectivity index (χ4n) is 1.35. The van der Waals surface area contributed by atoms with Crippen LogP contribution in [0.25, 0.3) is 6.08 Å². The van der Waals surface area contributed by atoms with Crippen LogP contribution in [0.3, 0.4) is 0 Å². The molecule has 0 saturated carbocycles. The molecule has 2 rings (SSSR count). The third-order valence-electron chi connectivity index (χ3n) is 2.10. The van der Waals surface area contributed by atoms with E-state index in [0.717, 1.165) is 11.8 Å². The van der Waals surface area contributed by atoms with Crippen LogP contribution < -0.4 is 10.1 Å². The molecule has 1 aromatic heterocycles. The van der Waals surface area contributed by atoms with Crippen LogP contribution in [0.1, 0.15) is 5.69 Å². The van der Waals surface area contributed by atoms with Crippen molar-refractivity contribution in [3.05, 3.63) is 16.7 Å². The molecule has 1 N–H and O–H groups in total. The standard InChI is InChI=1S/C10H11N3O4S/c1-13-8(17-5-16-2)4-6(12-13)3-7-9(14)11-10(15)18-7/h3-4H,5H2,1-2H3,(H,11,14,15)/b7-3-. The summed E-state index contributed by atoms with van der Waals surface area (Å²) >= 11 is 0.848. The molecule has 0 radical (unpaired) electrons. The van der Waals surface area contributed by atoms with Gasteiger partial charge in [-0.1, -0.05) is 0 Å². The van der Waals surface area contributed by atoms with E-state index >= 15 is 0 Å². The van der Waals surface area contributed by atoms with Crippen molar-refractivity contribution >= 4 is 29.0 Å². The van der Waals surface area contributed by atoms with Gasteiger partial charge in [0.15, 0.2) is 6.79 Å². The number of aryl methyl sites for hydroxylation is 1. The van der Waals surface area contributed by atoms with Crippen LogP contribution in [0.5, 0.6) is 5.88 Å². The van der Waals surface area contributed by atoms with Crippen LogP contribution in [0.15, 0.2) is 11.0 Å². The van der Waals surface area contributed by atoms with Crippen molar-refractivity contribution in [1.82, 2.24) is 15.1 Å². The second-order valence-electron chi connectivity index (χ2n) is 3.43. The summed E-state index contributed by atoms with van der Waals surface area (Å²) in [6.07, 6.45) is 1.53. The number of hydrogen-bond donors (Lipinski definition) is 1. The number of nitrogens with one attached hydrogen (secondary N) is 1. The van der Waals surface area contributed by atoms with Crippen molar-refractivity contribution in [2.24, 2.45) is 7.05 Å². The smallest absolute Gasteiger partial charge is 0.290 e. The van der Waals surface area contributed by atoms with Gasteiger partial charge in [0.2, 0.25) is 5.88 Å². The number of rotatable bonds is 4. The number of carbonyl (C=O) groups is 2. The molecule has 1 fully saturated rings. The van der Waals surface area contributed by atoms with Gasteiger partial charge >= 0.3 is 0 Å². The molecule has 1 aliphatic rings. The van der Waals surface area contributed by atoms with Crippen molar-refractivity contribution in [2.45, 2.75) is 0 Å². The Hall–Kier alpha value is -1.80. The lowest BCUT2D eigenvalue weighted by Gasteiger charge is -2.02. The number of aromatic nitrogens is 2. The molecule has 7 nitrogen and oxygen atoms in total. The van der Waals surface area contributed by atoms with Gasteiger partial charge in [-0.05, 0) is 17.8 Å². The number of carbonyl (C=O) groups excluding carboxylic acids is 2. The predicted octanol–water partition coefficient (Wildman–Crippen LogP) is 0.727. The molecule has 1 aromatic rings. The largest absolute Gasteiger partial charge is 0.451 e. The fourth-order valence-corrected chi connectivity index (χ4v) is 2.02. The average Bonchev–Trinajstić information content (AvgIpc) is 2.80. The molecule has 0 bridgehead atoms. The summed E-state index contributed by atoms with van der Waals surface area (Å²) in [6, 6.07) is 1.66. The lowest BCUT2D eigenvalue weighted by Crippen LogP contribution is -2.17. The lowest BCUT2D eigenvalue weighted by atomic mass is 10.3. The van der Waals surface area contributed by atoms with Crippen LogP contribution in [-0.2, 0) is 16.6 Å². The maximum atomic E-state index is 11.3. The Balaban J connectivity index is 2.17. The number of amides is 2. The second kappa shape index (κ2) is 5.23. The molecule has 0 atom stereocenters. The molecule has 8 heteroatoms. The maximum Gasteiger partial charge on any atom is 0.290 e. The zero-order valence-corrected chi connectivity index (χ0v) is 10.6. The highest BCUT2D eigenvalue weighted by atomic mass is 32.2. The molecule has 1 aliphatic heterocycles. The van der Waals surface area contributed by atoms with E-state index in [2.05, 4.69) is 10.4 Å². The van der Waals surface area contributed by atoms with Gasteiger partial charge in [-0.25, -0.2) is 4.68 Å². The Labute approximate surface area is 107 Å². The molecule has 2 amide bonds. The minimum atomic E-state index is -0.407. The van der Waals surface area contributed by atoms with E-state index in [1.54, 1.807) is 13.1 Å². The van der Waals surface area contributed by atoms with Crippen LogP contribution in [0, 0.1) is 0 Å². The van der Waals surface area contributed by atoms with E-state index in [1.165, 1.54) is 17.9 Å². The first-order valence-electron chi connectivity index (χ1n) is 5.01. The molecule has 0 aromatic carbocycles. The SMILES string of the molecule is COCOc1cc(/C=C2\SC(=O)NC2=O)nn1C. The lowest BCUT2D eigenvalue weighted by molar-refractivity contribution is -0.115. The van der Waals surface area contributed by atoms with Crippen molar-refractivity contribution in [1.29, 1.82) is 0 Å². The van der Waals surface area contributed by atoms with E-state index in [9.17, 15) is 9.59 Å². The zero-order chi connectivity index (χ0) is 13.1. The Morgan fingerprint density at radius 3 is 2.94 bits per heavy atom. The van der Waals surface area contributed by atoms with Crippen LogP contribution in [0.4, 0.5) is 4.79 Å². The van der Waals surface area contributed by atoms with E-state index in [4.69, 9.17) is 9.47 Å². The van der Waals surface area contributed by atoms with Crippen LogP contribution >= 0.6 is 11.8 Å². The van der Waals surface area contributed by atoms with Gasteiger partial charge in [-0.3, -0.25) is 14.9 Å². The van der Waals surface area contributed by atoms with Gasteiger partial charge in [0.25, 0.3) is 11.1 Å². The Kier molecular flexibility index (Phi) is 3.68. The zero-order valence-electron chi connectivity index (χ0n) is 9.80. The molecule has 0 unspecified atom stereocenters. The minimum Gasteiger partial charge on any atom is -0.451 e. The number of hydrogen-bond acceptors (Lipinski definition) is 6. The highest BCUT2D eigenvalue weighted by molar-refractivity contribution is 8.18. The van der Waals surface area contributed by atoms with Gasteiger partial charge in [-0.2, -0.15) is 5.10 Å². The first kappa shape index (κ1) is 12.7. The third-order valence-corrected chi connectivity index (χ3v) is 2.91. The minimum absolute atomic E-state index is 0.114. The summed E-state index contributed by atoms with van der Waals surface area (Å²) in [7, 11) is 3.23. The quantitative estimate of drug-likeness (QED) is 0.641.